The molecule has 0 aromatic heterocycles. The summed E-state index contributed by atoms with van der Waals surface area (Å²) in [5.74, 6) is 2.27. The van der Waals surface area contributed by atoms with E-state index in [2.05, 4.69) is 37.5 Å². The first-order chi connectivity index (χ1) is 13.5. The third-order valence-electron chi connectivity index (χ3n) is 4.33. The molecular formula is C21H37N3O4. The minimum atomic E-state index is -0.148. The van der Waals surface area contributed by atoms with Crippen molar-refractivity contribution in [1.29, 1.82) is 0 Å². The van der Waals surface area contributed by atoms with Gasteiger partial charge >= 0.3 is 0 Å². The third kappa shape index (κ3) is 8.35. The molecule has 0 saturated carbocycles. The van der Waals surface area contributed by atoms with Crippen LogP contribution in [-0.2, 0) is 14.9 Å². The van der Waals surface area contributed by atoms with E-state index in [1.165, 1.54) is 0 Å². The molecule has 0 amide bonds. The molecule has 28 heavy (non-hydrogen) atoms. The fourth-order valence-electron chi connectivity index (χ4n) is 2.59. The van der Waals surface area contributed by atoms with Crippen LogP contribution in [0.3, 0.4) is 0 Å². The summed E-state index contributed by atoms with van der Waals surface area (Å²) < 4.78 is 21.2. The van der Waals surface area contributed by atoms with Crippen LogP contribution in [0.4, 0.5) is 0 Å². The fraction of sp³-hybridized carbons (Fsp3) is 0.667. The highest BCUT2D eigenvalue weighted by Gasteiger charge is 2.22. The zero-order valence-electron chi connectivity index (χ0n) is 18.3. The quantitative estimate of drug-likeness (QED) is 0.304. The summed E-state index contributed by atoms with van der Waals surface area (Å²) in [7, 11) is 4.97. The monoisotopic (exact) mass is 395 g/mol. The maximum Gasteiger partial charge on any atom is 0.191 e. The molecule has 0 unspecified atom stereocenters. The molecule has 160 valence electrons. The highest BCUT2D eigenvalue weighted by Crippen LogP contribution is 2.33. The Bertz CT molecular complexity index is 591. The molecule has 0 aliphatic carbocycles. The van der Waals surface area contributed by atoms with Gasteiger partial charge < -0.3 is 29.6 Å². The summed E-state index contributed by atoms with van der Waals surface area (Å²) in [6.07, 6.45) is 0.910. The Morgan fingerprint density at radius 1 is 1.00 bits per heavy atom. The van der Waals surface area contributed by atoms with Crippen LogP contribution in [0, 0.1) is 0 Å². The van der Waals surface area contributed by atoms with E-state index in [1.54, 1.807) is 21.3 Å². The topological polar surface area (TPSA) is 73.3 Å². The first-order valence-corrected chi connectivity index (χ1v) is 9.79. The van der Waals surface area contributed by atoms with Crippen LogP contribution in [0.2, 0.25) is 0 Å². The van der Waals surface area contributed by atoms with Crippen LogP contribution in [0.5, 0.6) is 11.5 Å². The van der Waals surface area contributed by atoms with Crippen LogP contribution >= 0.6 is 0 Å². The zero-order valence-corrected chi connectivity index (χ0v) is 18.3. The van der Waals surface area contributed by atoms with Crippen LogP contribution in [0.15, 0.2) is 23.2 Å². The number of benzene rings is 1. The first kappa shape index (κ1) is 24.0. The summed E-state index contributed by atoms with van der Waals surface area (Å²) in [4.78, 5) is 4.77. The summed E-state index contributed by atoms with van der Waals surface area (Å²) in [6.45, 7) is 10.6. The van der Waals surface area contributed by atoms with Gasteiger partial charge in [-0.3, -0.25) is 4.99 Å². The molecule has 1 aromatic carbocycles. The van der Waals surface area contributed by atoms with Crippen molar-refractivity contribution in [1.82, 2.24) is 10.6 Å². The lowest BCUT2D eigenvalue weighted by molar-refractivity contribution is 0.0698. The van der Waals surface area contributed by atoms with E-state index >= 15 is 0 Å². The Hall–Kier alpha value is -1.99. The van der Waals surface area contributed by atoms with E-state index in [4.69, 9.17) is 23.9 Å². The normalized spacial score (nSPS) is 12.0. The van der Waals surface area contributed by atoms with Gasteiger partial charge in [-0.05, 0) is 31.0 Å². The molecule has 1 rings (SSSR count). The molecule has 0 heterocycles. The summed E-state index contributed by atoms with van der Waals surface area (Å²) in [6, 6.07) is 6.02. The standard InChI is InChI=1S/C21H37N3O4/c1-7-22-20(23-11-8-12-28-14-13-25-4)24-16-21(2,3)17-9-10-18(26-5)19(15-17)27-6/h9-10,15H,7-8,11-14,16H2,1-6H3,(H2,22,23,24). The van der Waals surface area contributed by atoms with E-state index in [1.807, 2.05) is 12.1 Å². The van der Waals surface area contributed by atoms with Gasteiger partial charge in [0.2, 0.25) is 0 Å². The molecule has 0 aliphatic rings. The van der Waals surface area contributed by atoms with Crippen molar-refractivity contribution in [2.45, 2.75) is 32.6 Å². The number of rotatable bonds is 13. The number of guanidine groups is 1. The molecular weight excluding hydrogens is 358 g/mol. The van der Waals surface area contributed by atoms with Gasteiger partial charge in [-0.25, -0.2) is 0 Å². The number of aliphatic imine (C=N–C) groups is 1. The number of nitrogens with one attached hydrogen (secondary N) is 2. The first-order valence-electron chi connectivity index (χ1n) is 9.79. The van der Waals surface area contributed by atoms with Gasteiger partial charge in [-0.1, -0.05) is 19.9 Å². The van der Waals surface area contributed by atoms with Gasteiger partial charge in [-0.2, -0.15) is 0 Å². The smallest absolute Gasteiger partial charge is 0.191 e. The largest absolute Gasteiger partial charge is 0.493 e. The number of hydrogen-bond acceptors (Lipinski definition) is 5. The minimum Gasteiger partial charge on any atom is -0.493 e. The lowest BCUT2D eigenvalue weighted by Gasteiger charge is -2.25. The third-order valence-corrected chi connectivity index (χ3v) is 4.33. The molecule has 0 saturated heterocycles. The Kier molecular flexibility index (Phi) is 11.4. The van der Waals surface area contributed by atoms with Crippen molar-refractivity contribution < 1.29 is 18.9 Å². The second-order valence-electron chi connectivity index (χ2n) is 7.03. The highest BCUT2D eigenvalue weighted by molar-refractivity contribution is 5.79. The van der Waals surface area contributed by atoms with Gasteiger partial charge in [0.15, 0.2) is 17.5 Å². The predicted octanol–water partition coefficient (Wildman–Crippen LogP) is 2.59. The average Bonchev–Trinajstić information content (AvgIpc) is 2.70. The van der Waals surface area contributed by atoms with E-state index < -0.39 is 0 Å². The number of ether oxygens (including phenoxy) is 4. The molecule has 0 radical (unpaired) electrons. The van der Waals surface area contributed by atoms with E-state index in [9.17, 15) is 0 Å². The lowest BCUT2D eigenvalue weighted by atomic mass is 9.84. The second-order valence-corrected chi connectivity index (χ2v) is 7.03. The van der Waals surface area contributed by atoms with Gasteiger partial charge in [0.25, 0.3) is 0 Å². The SMILES string of the molecule is CCNC(=NCC(C)(C)c1ccc(OC)c(OC)c1)NCCCOCCOC. The van der Waals surface area contributed by atoms with E-state index in [-0.39, 0.29) is 5.41 Å². The zero-order chi connectivity index (χ0) is 20.8. The van der Waals surface area contributed by atoms with Crippen LogP contribution in [-0.4, -0.2) is 66.7 Å². The molecule has 7 heteroatoms. The Balaban J connectivity index is 2.64. The molecule has 2 N–H and O–H groups in total. The number of hydrogen-bond donors (Lipinski definition) is 2. The maximum absolute atomic E-state index is 5.48. The molecule has 0 fully saturated rings. The van der Waals surface area contributed by atoms with Crippen LogP contribution in [0.25, 0.3) is 0 Å². The molecule has 0 bridgehead atoms. The molecule has 7 nitrogen and oxygen atoms in total. The van der Waals surface area contributed by atoms with Gasteiger partial charge in [0, 0.05) is 32.2 Å². The van der Waals surface area contributed by atoms with E-state index in [0.29, 0.717) is 26.4 Å². The van der Waals surface area contributed by atoms with Crippen LogP contribution in [0.1, 0.15) is 32.8 Å². The van der Waals surface area contributed by atoms with Gasteiger partial charge in [-0.15, -0.1) is 0 Å². The number of nitrogens with zero attached hydrogens (tertiary/aromatic N) is 1. The van der Waals surface area contributed by atoms with Crippen molar-refractivity contribution in [3.05, 3.63) is 23.8 Å². The van der Waals surface area contributed by atoms with Gasteiger partial charge in [0.05, 0.1) is 34.0 Å². The van der Waals surface area contributed by atoms with Gasteiger partial charge in [0.1, 0.15) is 0 Å². The molecule has 0 aliphatic heterocycles. The van der Waals surface area contributed by atoms with Crippen molar-refractivity contribution in [3.8, 4) is 11.5 Å². The van der Waals surface area contributed by atoms with E-state index in [0.717, 1.165) is 42.5 Å². The maximum atomic E-state index is 5.48. The minimum absolute atomic E-state index is 0.148. The lowest BCUT2D eigenvalue weighted by Crippen LogP contribution is -2.39. The molecule has 0 atom stereocenters. The van der Waals surface area contributed by atoms with Crippen molar-refractivity contribution >= 4 is 5.96 Å². The van der Waals surface area contributed by atoms with Crippen LogP contribution < -0.4 is 20.1 Å². The fourth-order valence-corrected chi connectivity index (χ4v) is 2.59. The molecule has 1 aromatic rings. The summed E-state index contributed by atoms with van der Waals surface area (Å²) >= 11 is 0. The van der Waals surface area contributed by atoms with Crippen molar-refractivity contribution in [2.24, 2.45) is 4.99 Å². The predicted molar refractivity (Wildman–Crippen MR) is 114 cm³/mol. The molecule has 0 spiro atoms. The van der Waals surface area contributed by atoms with Crippen molar-refractivity contribution in [2.75, 3.05) is 60.8 Å². The second kappa shape index (κ2) is 13.2. The average molecular weight is 396 g/mol. The Labute approximate surface area is 169 Å². The Morgan fingerprint density at radius 2 is 1.75 bits per heavy atom. The van der Waals surface area contributed by atoms with Crippen molar-refractivity contribution in [3.63, 3.8) is 0 Å². The highest BCUT2D eigenvalue weighted by atomic mass is 16.5. The summed E-state index contributed by atoms with van der Waals surface area (Å²) in [5.41, 5.74) is 1.00. The number of methoxy groups -OCH3 is 3. The summed E-state index contributed by atoms with van der Waals surface area (Å²) in [5, 5.41) is 6.65. The Morgan fingerprint density at radius 3 is 2.39 bits per heavy atom.